The molecule has 5 nitrogen and oxygen atoms in total. The van der Waals surface area contributed by atoms with Gasteiger partial charge in [0.25, 0.3) is 5.91 Å². The number of benzene rings is 2. The van der Waals surface area contributed by atoms with E-state index >= 15 is 0 Å². The van der Waals surface area contributed by atoms with Gasteiger partial charge in [-0.05, 0) is 24.3 Å². The highest BCUT2D eigenvalue weighted by Crippen LogP contribution is 2.29. The van der Waals surface area contributed by atoms with Crippen molar-refractivity contribution in [1.29, 1.82) is 0 Å². The SMILES string of the molecule is O=C(Nc1ccccc1N1CCOCC1)C1=Cc2ccccc2OC1. The topological polar surface area (TPSA) is 50.8 Å². The van der Waals surface area contributed by atoms with Crippen molar-refractivity contribution in [3.8, 4) is 5.75 Å². The van der Waals surface area contributed by atoms with Crippen molar-refractivity contribution in [2.24, 2.45) is 0 Å². The van der Waals surface area contributed by atoms with E-state index in [1.807, 2.05) is 54.6 Å². The van der Waals surface area contributed by atoms with E-state index < -0.39 is 0 Å². The molecule has 0 aromatic heterocycles. The number of carbonyl (C=O) groups is 1. The minimum absolute atomic E-state index is 0.129. The molecule has 1 N–H and O–H groups in total. The molecule has 4 rings (SSSR count). The molecule has 1 fully saturated rings. The van der Waals surface area contributed by atoms with E-state index in [2.05, 4.69) is 10.2 Å². The number of nitrogens with one attached hydrogen (secondary N) is 1. The summed E-state index contributed by atoms with van der Waals surface area (Å²) in [7, 11) is 0. The average Bonchev–Trinajstić information content (AvgIpc) is 2.68. The molecule has 0 saturated carbocycles. The summed E-state index contributed by atoms with van der Waals surface area (Å²) < 4.78 is 11.1. The van der Waals surface area contributed by atoms with Gasteiger partial charge in [0.1, 0.15) is 12.4 Å². The quantitative estimate of drug-likeness (QED) is 0.936. The van der Waals surface area contributed by atoms with Gasteiger partial charge in [-0.2, -0.15) is 0 Å². The molecular weight excluding hydrogens is 316 g/mol. The molecule has 2 aromatic carbocycles. The summed E-state index contributed by atoms with van der Waals surface area (Å²) >= 11 is 0. The predicted octanol–water partition coefficient (Wildman–Crippen LogP) is 2.94. The molecule has 0 aliphatic carbocycles. The van der Waals surface area contributed by atoms with Gasteiger partial charge in [0, 0.05) is 18.7 Å². The molecular formula is C20H20N2O3. The Morgan fingerprint density at radius 3 is 2.64 bits per heavy atom. The van der Waals surface area contributed by atoms with Crippen LogP contribution in [0.5, 0.6) is 5.75 Å². The summed E-state index contributed by atoms with van der Waals surface area (Å²) in [4.78, 5) is 14.9. The second kappa shape index (κ2) is 6.99. The molecule has 25 heavy (non-hydrogen) atoms. The van der Waals surface area contributed by atoms with Crippen LogP contribution in [0, 0.1) is 0 Å². The molecule has 0 unspecified atom stereocenters. The highest BCUT2D eigenvalue weighted by molar-refractivity contribution is 6.08. The monoisotopic (exact) mass is 336 g/mol. The van der Waals surface area contributed by atoms with Gasteiger partial charge in [0.2, 0.25) is 0 Å². The van der Waals surface area contributed by atoms with Gasteiger partial charge in [0.15, 0.2) is 0 Å². The maximum absolute atomic E-state index is 12.7. The Morgan fingerprint density at radius 2 is 1.76 bits per heavy atom. The van der Waals surface area contributed by atoms with E-state index in [0.717, 1.165) is 35.8 Å². The first-order chi connectivity index (χ1) is 12.3. The summed E-state index contributed by atoms with van der Waals surface area (Å²) in [5, 5.41) is 3.04. The molecule has 1 saturated heterocycles. The first kappa shape index (κ1) is 15.7. The van der Waals surface area contributed by atoms with E-state index in [1.54, 1.807) is 0 Å². The van der Waals surface area contributed by atoms with Crippen molar-refractivity contribution in [3.05, 3.63) is 59.7 Å². The zero-order valence-electron chi connectivity index (χ0n) is 13.9. The van der Waals surface area contributed by atoms with E-state index in [0.29, 0.717) is 18.8 Å². The van der Waals surface area contributed by atoms with E-state index in [-0.39, 0.29) is 12.5 Å². The normalized spacial score (nSPS) is 16.5. The van der Waals surface area contributed by atoms with Gasteiger partial charge in [-0.25, -0.2) is 0 Å². The molecule has 5 heteroatoms. The lowest BCUT2D eigenvalue weighted by Crippen LogP contribution is -2.36. The Hall–Kier alpha value is -2.79. The lowest BCUT2D eigenvalue weighted by atomic mass is 10.1. The summed E-state index contributed by atoms with van der Waals surface area (Å²) in [5.41, 5.74) is 3.39. The highest BCUT2D eigenvalue weighted by Gasteiger charge is 2.20. The molecule has 0 spiro atoms. The predicted molar refractivity (Wildman–Crippen MR) is 98.0 cm³/mol. The minimum Gasteiger partial charge on any atom is -0.488 e. The number of para-hydroxylation sites is 3. The van der Waals surface area contributed by atoms with Crippen LogP contribution in [0.15, 0.2) is 54.1 Å². The van der Waals surface area contributed by atoms with Gasteiger partial charge in [0.05, 0.1) is 30.2 Å². The smallest absolute Gasteiger partial charge is 0.255 e. The van der Waals surface area contributed by atoms with Gasteiger partial charge >= 0.3 is 0 Å². The summed E-state index contributed by atoms with van der Waals surface area (Å²) in [6.45, 7) is 3.34. The molecule has 128 valence electrons. The van der Waals surface area contributed by atoms with Crippen molar-refractivity contribution in [2.75, 3.05) is 43.1 Å². The van der Waals surface area contributed by atoms with E-state index in [1.165, 1.54) is 0 Å². The molecule has 2 aliphatic rings. The summed E-state index contributed by atoms with van der Waals surface area (Å²) in [5.74, 6) is 0.683. The van der Waals surface area contributed by atoms with E-state index in [4.69, 9.17) is 9.47 Å². The number of carbonyl (C=O) groups excluding carboxylic acids is 1. The number of morpholine rings is 1. The Bertz CT molecular complexity index is 810. The molecule has 1 amide bonds. The number of fused-ring (bicyclic) bond motifs is 1. The molecule has 2 aromatic rings. The lowest BCUT2D eigenvalue weighted by molar-refractivity contribution is -0.113. The number of hydrogen-bond donors (Lipinski definition) is 1. The summed E-state index contributed by atoms with van der Waals surface area (Å²) in [6.07, 6.45) is 1.89. The van der Waals surface area contributed by atoms with Gasteiger partial charge < -0.3 is 19.7 Å². The number of ether oxygens (including phenoxy) is 2. The second-order valence-corrected chi connectivity index (χ2v) is 6.07. The number of rotatable bonds is 3. The molecule has 0 radical (unpaired) electrons. The van der Waals surface area contributed by atoms with Crippen molar-refractivity contribution in [1.82, 2.24) is 0 Å². The van der Waals surface area contributed by atoms with Crippen LogP contribution >= 0.6 is 0 Å². The maximum atomic E-state index is 12.7. The zero-order valence-corrected chi connectivity index (χ0v) is 13.9. The van der Waals surface area contributed by atoms with Crippen molar-refractivity contribution < 1.29 is 14.3 Å². The average molecular weight is 336 g/mol. The van der Waals surface area contributed by atoms with Crippen LogP contribution < -0.4 is 15.0 Å². The number of anilines is 2. The first-order valence-electron chi connectivity index (χ1n) is 8.47. The third-order valence-electron chi connectivity index (χ3n) is 4.43. The van der Waals surface area contributed by atoms with Crippen molar-refractivity contribution >= 4 is 23.4 Å². The Labute approximate surface area is 146 Å². The van der Waals surface area contributed by atoms with Crippen LogP contribution in [0.3, 0.4) is 0 Å². The Balaban J connectivity index is 1.55. The van der Waals surface area contributed by atoms with Gasteiger partial charge in [-0.3, -0.25) is 4.79 Å². The fourth-order valence-corrected chi connectivity index (χ4v) is 3.11. The molecule has 0 atom stereocenters. The maximum Gasteiger partial charge on any atom is 0.255 e. The van der Waals surface area contributed by atoms with Crippen LogP contribution in [0.2, 0.25) is 0 Å². The molecule has 2 aliphatic heterocycles. The third-order valence-corrected chi connectivity index (χ3v) is 4.43. The number of hydrogen-bond acceptors (Lipinski definition) is 4. The van der Waals surface area contributed by atoms with Gasteiger partial charge in [-0.1, -0.05) is 30.3 Å². The van der Waals surface area contributed by atoms with Crippen LogP contribution in [-0.2, 0) is 9.53 Å². The zero-order chi connectivity index (χ0) is 17.1. The standard InChI is InChI=1S/C20H20N2O3/c23-20(16-13-15-5-1-4-8-19(15)25-14-16)21-17-6-2-3-7-18(17)22-9-11-24-12-10-22/h1-8,13H,9-12,14H2,(H,21,23). The molecule has 0 bridgehead atoms. The number of nitrogens with zero attached hydrogens (tertiary/aromatic N) is 1. The Morgan fingerprint density at radius 1 is 1.00 bits per heavy atom. The fourth-order valence-electron chi connectivity index (χ4n) is 3.11. The fraction of sp³-hybridized carbons (Fsp3) is 0.250. The molecule has 2 heterocycles. The third kappa shape index (κ3) is 3.37. The summed E-state index contributed by atoms with van der Waals surface area (Å²) in [6, 6.07) is 15.6. The van der Waals surface area contributed by atoms with Crippen LogP contribution in [0.1, 0.15) is 5.56 Å². The lowest BCUT2D eigenvalue weighted by Gasteiger charge is -2.30. The second-order valence-electron chi connectivity index (χ2n) is 6.07. The van der Waals surface area contributed by atoms with Crippen LogP contribution in [-0.4, -0.2) is 38.8 Å². The van der Waals surface area contributed by atoms with Crippen LogP contribution in [0.25, 0.3) is 6.08 Å². The van der Waals surface area contributed by atoms with E-state index in [9.17, 15) is 4.79 Å². The van der Waals surface area contributed by atoms with Crippen molar-refractivity contribution in [3.63, 3.8) is 0 Å². The highest BCUT2D eigenvalue weighted by atomic mass is 16.5. The number of amides is 1. The van der Waals surface area contributed by atoms with Crippen molar-refractivity contribution in [2.45, 2.75) is 0 Å². The largest absolute Gasteiger partial charge is 0.488 e. The van der Waals surface area contributed by atoms with Crippen LogP contribution in [0.4, 0.5) is 11.4 Å². The van der Waals surface area contributed by atoms with Gasteiger partial charge in [-0.15, -0.1) is 0 Å². The minimum atomic E-state index is -0.129. The first-order valence-corrected chi connectivity index (χ1v) is 8.47. The Kier molecular flexibility index (Phi) is 4.39.